The number of furan rings is 1. The molecule has 0 bridgehead atoms. The highest BCUT2D eigenvalue weighted by Crippen LogP contribution is 2.15. The topological polar surface area (TPSA) is 75.0 Å². The summed E-state index contributed by atoms with van der Waals surface area (Å²) in [7, 11) is 1.24. The summed E-state index contributed by atoms with van der Waals surface area (Å²) >= 11 is 0. The van der Waals surface area contributed by atoms with E-state index < -0.39 is 12.3 Å². The zero-order chi connectivity index (χ0) is 12.3. The molecule has 92 valence electrons. The van der Waals surface area contributed by atoms with E-state index in [1.54, 1.807) is 0 Å². The zero-order valence-corrected chi connectivity index (χ0v) is 9.30. The molecule has 0 spiro atoms. The second kappa shape index (κ2) is 5.11. The second-order valence-corrected chi connectivity index (χ2v) is 3.45. The first kappa shape index (κ1) is 11.8. The predicted octanol–water partition coefficient (Wildman–Crippen LogP) is 1.01. The van der Waals surface area contributed by atoms with E-state index in [1.807, 2.05) is 0 Å². The second-order valence-electron chi connectivity index (χ2n) is 3.45. The van der Waals surface area contributed by atoms with Gasteiger partial charge in [-0.25, -0.2) is 4.79 Å². The molecule has 1 fully saturated rings. The van der Waals surface area contributed by atoms with Crippen molar-refractivity contribution in [3.63, 3.8) is 0 Å². The van der Waals surface area contributed by atoms with Crippen LogP contribution in [0, 0.1) is 0 Å². The SMILES string of the molecule is COC(=O)c1ccc(C(=O)CC2OCCO2)o1. The Morgan fingerprint density at radius 3 is 2.59 bits per heavy atom. The summed E-state index contributed by atoms with van der Waals surface area (Å²) in [5, 5.41) is 0. The molecule has 0 aliphatic carbocycles. The molecule has 0 saturated carbocycles. The third-order valence-corrected chi connectivity index (χ3v) is 2.31. The van der Waals surface area contributed by atoms with Crippen molar-refractivity contribution < 1.29 is 28.2 Å². The molecule has 2 heterocycles. The van der Waals surface area contributed by atoms with Crippen LogP contribution in [0.4, 0.5) is 0 Å². The minimum atomic E-state index is -0.614. The van der Waals surface area contributed by atoms with Crippen molar-refractivity contribution in [1.29, 1.82) is 0 Å². The van der Waals surface area contributed by atoms with Crippen LogP contribution in [0.5, 0.6) is 0 Å². The number of hydrogen-bond acceptors (Lipinski definition) is 6. The summed E-state index contributed by atoms with van der Waals surface area (Å²) < 4.78 is 19.8. The zero-order valence-electron chi connectivity index (χ0n) is 9.30. The Balaban J connectivity index is 1.99. The van der Waals surface area contributed by atoms with Crippen LogP contribution in [0.15, 0.2) is 16.5 Å². The number of esters is 1. The lowest BCUT2D eigenvalue weighted by Gasteiger charge is -2.05. The molecule has 6 nitrogen and oxygen atoms in total. The molecule has 6 heteroatoms. The quantitative estimate of drug-likeness (QED) is 0.577. The van der Waals surface area contributed by atoms with Gasteiger partial charge in [0.15, 0.2) is 12.1 Å². The number of ketones is 1. The van der Waals surface area contributed by atoms with Crippen LogP contribution in [0.25, 0.3) is 0 Å². The van der Waals surface area contributed by atoms with Crippen molar-refractivity contribution in [3.05, 3.63) is 23.7 Å². The Labute approximate surface area is 97.4 Å². The number of methoxy groups -OCH3 is 1. The summed E-state index contributed by atoms with van der Waals surface area (Å²) in [6, 6.07) is 2.83. The van der Waals surface area contributed by atoms with Gasteiger partial charge in [0.1, 0.15) is 0 Å². The number of rotatable bonds is 4. The highest BCUT2D eigenvalue weighted by molar-refractivity contribution is 5.95. The lowest BCUT2D eigenvalue weighted by molar-refractivity contribution is -0.0411. The molecule has 0 N–H and O–H groups in total. The average Bonchev–Trinajstić information content (AvgIpc) is 2.98. The van der Waals surface area contributed by atoms with E-state index in [4.69, 9.17) is 13.9 Å². The fraction of sp³-hybridized carbons (Fsp3) is 0.455. The van der Waals surface area contributed by atoms with Gasteiger partial charge in [-0.1, -0.05) is 0 Å². The van der Waals surface area contributed by atoms with E-state index in [-0.39, 0.29) is 23.7 Å². The number of hydrogen-bond donors (Lipinski definition) is 0. The van der Waals surface area contributed by atoms with E-state index in [0.29, 0.717) is 13.2 Å². The van der Waals surface area contributed by atoms with Gasteiger partial charge in [0.05, 0.1) is 26.7 Å². The van der Waals surface area contributed by atoms with Gasteiger partial charge in [0, 0.05) is 0 Å². The molecular weight excluding hydrogens is 228 g/mol. The Bertz CT molecular complexity index is 415. The van der Waals surface area contributed by atoms with E-state index >= 15 is 0 Å². The normalized spacial score (nSPS) is 16.1. The summed E-state index contributed by atoms with van der Waals surface area (Å²) in [5.41, 5.74) is 0. The van der Waals surface area contributed by atoms with Crippen LogP contribution in [0.3, 0.4) is 0 Å². The van der Waals surface area contributed by atoms with Gasteiger partial charge in [0.25, 0.3) is 0 Å². The van der Waals surface area contributed by atoms with Crippen LogP contribution in [0.1, 0.15) is 27.5 Å². The van der Waals surface area contributed by atoms with Crippen LogP contribution >= 0.6 is 0 Å². The van der Waals surface area contributed by atoms with Gasteiger partial charge in [-0.3, -0.25) is 4.79 Å². The van der Waals surface area contributed by atoms with Gasteiger partial charge in [-0.15, -0.1) is 0 Å². The van der Waals surface area contributed by atoms with Gasteiger partial charge in [0.2, 0.25) is 11.5 Å². The van der Waals surface area contributed by atoms with Gasteiger partial charge >= 0.3 is 5.97 Å². The van der Waals surface area contributed by atoms with Crippen molar-refractivity contribution >= 4 is 11.8 Å². The maximum Gasteiger partial charge on any atom is 0.373 e. The molecule has 1 aromatic rings. The smallest absolute Gasteiger partial charge is 0.373 e. The average molecular weight is 240 g/mol. The van der Waals surface area contributed by atoms with Crippen molar-refractivity contribution in [1.82, 2.24) is 0 Å². The largest absolute Gasteiger partial charge is 0.463 e. The van der Waals surface area contributed by atoms with E-state index in [2.05, 4.69) is 4.74 Å². The molecule has 0 unspecified atom stereocenters. The molecule has 17 heavy (non-hydrogen) atoms. The molecule has 0 aromatic carbocycles. The molecule has 1 aromatic heterocycles. The first-order chi connectivity index (χ1) is 8.20. The fourth-order valence-electron chi connectivity index (χ4n) is 1.48. The van der Waals surface area contributed by atoms with Crippen molar-refractivity contribution in [2.24, 2.45) is 0 Å². The Morgan fingerprint density at radius 2 is 1.94 bits per heavy atom. The van der Waals surface area contributed by atoms with Gasteiger partial charge in [-0.05, 0) is 12.1 Å². The van der Waals surface area contributed by atoms with Gasteiger partial charge < -0.3 is 18.6 Å². The molecule has 0 atom stereocenters. The minimum absolute atomic E-state index is 0.00380. The molecule has 1 saturated heterocycles. The Morgan fingerprint density at radius 1 is 1.29 bits per heavy atom. The number of carbonyl (C=O) groups excluding carboxylic acids is 2. The standard InChI is InChI=1S/C11H12O6/c1-14-11(13)9-3-2-8(17-9)7(12)6-10-15-4-5-16-10/h2-3,10H,4-6H2,1H3. The molecule has 0 amide bonds. The highest BCUT2D eigenvalue weighted by atomic mass is 16.7. The molecule has 2 rings (SSSR count). The highest BCUT2D eigenvalue weighted by Gasteiger charge is 2.23. The summed E-state index contributed by atoms with van der Waals surface area (Å²) in [6.07, 6.45) is -0.442. The molecular formula is C11H12O6. The van der Waals surface area contributed by atoms with Gasteiger partial charge in [-0.2, -0.15) is 0 Å². The first-order valence-corrected chi connectivity index (χ1v) is 5.15. The minimum Gasteiger partial charge on any atom is -0.463 e. The van der Waals surface area contributed by atoms with Crippen LogP contribution < -0.4 is 0 Å². The molecule has 0 radical (unpaired) electrons. The number of ether oxygens (including phenoxy) is 3. The van der Waals surface area contributed by atoms with E-state index in [0.717, 1.165) is 0 Å². The molecule has 1 aliphatic heterocycles. The Kier molecular flexibility index (Phi) is 3.55. The summed E-state index contributed by atoms with van der Waals surface area (Å²) in [4.78, 5) is 22.8. The maximum atomic E-state index is 11.7. The lowest BCUT2D eigenvalue weighted by Crippen LogP contribution is -2.14. The van der Waals surface area contributed by atoms with Crippen molar-refractivity contribution in [3.8, 4) is 0 Å². The third kappa shape index (κ3) is 2.72. The van der Waals surface area contributed by atoms with Crippen molar-refractivity contribution in [2.75, 3.05) is 20.3 Å². The van der Waals surface area contributed by atoms with E-state index in [1.165, 1.54) is 19.2 Å². The fourth-order valence-corrected chi connectivity index (χ4v) is 1.48. The third-order valence-electron chi connectivity index (χ3n) is 2.31. The maximum absolute atomic E-state index is 11.7. The van der Waals surface area contributed by atoms with Crippen LogP contribution in [-0.2, 0) is 14.2 Å². The Hall–Kier alpha value is -1.66. The van der Waals surface area contributed by atoms with Crippen LogP contribution in [-0.4, -0.2) is 38.4 Å². The lowest BCUT2D eigenvalue weighted by atomic mass is 10.2. The predicted molar refractivity (Wildman–Crippen MR) is 54.7 cm³/mol. The monoisotopic (exact) mass is 240 g/mol. The summed E-state index contributed by atoms with van der Waals surface area (Å²) in [5.74, 6) is -0.780. The number of Topliss-reactive ketones (excluding diaryl/α,β-unsaturated/α-hetero) is 1. The number of carbonyl (C=O) groups is 2. The van der Waals surface area contributed by atoms with E-state index in [9.17, 15) is 9.59 Å². The van der Waals surface area contributed by atoms with Crippen LogP contribution in [0.2, 0.25) is 0 Å². The first-order valence-electron chi connectivity index (χ1n) is 5.15. The summed E-state index contributed by atoms with van der Waals surface area (Å²) in [6.45, 7) is 0.979. The van der Waals surface area contributed by atoms with Crippen molar-refractivity contribution in [2.45, 2.75) is 12.7 Å². The molecule has 1 aliphatic rings.